The first kappa shape index (κ1) is 22.5. The molecule has 0 saturated carbocycles. The number of rotatable bonds is 6. The Balaban J connectivity index is 3.40. The van der Waals surface area contributed by atoms with E-state index in [2.05, 4.69) is 0 Å². The van der Waals surface area contributed by atoms with Gasteiger partial charge in [0.1, 0.15) is 23.3 Å². The van der Waals surface area contributed by atoms with Gasteiger partial charge in [0.25, 0.3) is 0 Å². The van der Waals surface area contributed by atoms with Gasteiger partial charge in [-0.3, -0.25) is 0 Å². The second-order valence-corrected chi connectivity index (χ2v) is 7.74. The number of methoxy groups -OCH3 is 1. The number of ether oxygens (including phenoxy) is 2. The summed E-state index contributed by atoms with van der Waals surface area (Å²) in [6.45, 7) is 5.97. The van der Waals surface area contributed by atoms with Gasteiger partial charge in [-0.2, -0.15) is 10.5 Å². The SMILES string of the molecule is CCOC(=O)/C(C#N)=C(/CC1=C/C(=C(/C#N)C(=O)OC)CC(C)(C)C1)SC. The van der Waals surface area contributed by atoms with Gasteiger partial charge in [-0.15, -0.1) is 11.8 Å². The third kappa shape index (κ3) is 6.01. The van der Waals surface area contributed by atoms with E-state index in [9.17, 15) is 20.1 Å². The molecule has 7 heteroatoms. The molecule has 0 aliphatic heterocycles. The highest BCUT2D eigenvalue weighted by molar-refractivity contribution is 8.02. The summed E-state index contributed by atoms with van der Waals surface area (Å²) in [5.74, 6) is -1.30. The number of hydrogen-bond acceptors (Lipinski definition) is 7. The van der Waals surface area contributed by atoms with Gasteiger partial charge in [0.15, 0.2) is 0 Å². The van der Waals surface area contributed by atoms with E-state index >= 15 is 0 Å². The Morgan fingerprint density at radius 2 is 1.89 bits per heavy atom. The molecule has 0 aromatic carbocycles. The van der Waals surface area contributed by atoms with Crippen molar-refractivity contribution in [3.8, 4) is 12.1 Å². The molecule has 0 unspecified atom stereocenters. The monoisotopic (exact) mass is 388 g/mol. The van der Waals surface area contributed by atoms with Crippen LogP contribution in [0.15, 0.2) is 33.3 Å². The van der Waals surface area contributed by atoms with Crippen molar-refractivity contribution < 1.29 is 19.1 Å². The molecule has 0 saturated heterocycles. The van der Waals surface area contributed by atoms with Gasteiger partial charge >= 0.3 is 11.9 Å². The van der Waals surface area contributed by atoms with Crippen molar-refractivity contribution in [1.82, 2.24) is 0 Å². The summed E-state index contributed by atoms with van der Waals surface area (Å²) in [4.78, 5) is 24.6. The second-order valence-electron chi connectivity index (χ2n) is 6.84. The maximum Gasteiger partial charge on any atom is 0.349 e. The molecular weight excluding hydrogens is 364 g/mol. The fraction of sp³-hybridized carbons (Fsp3) is 0.500. The van der Waals surface area contributed by atoms with E-state index in [1.54, 1.807) is 13.2 Å². The molecule has 6 nitrogen and oxygen atoms in total. The van der Waals surface area contributed by atoms with Crippen LogP contribution in [0, 0.1) is 28.1 Å². The van der Waals surface area contributed by atoms with Crippen molar-refractivity contribution in [3.05, 3.63) is 33.3 Å². The zero-order chi connectivity index (χ0) is 20.6. The van der Waals surface area contributed by atoms with E-state index in [1.165, 1.54) is 18.9 Å². The molecule has 27 heavy (non-hydrogen) atoms. The lowest BCUT2D eigenvalue weighted by atomic mass is 9.73. The van der Waals surface area contributed by atoms with Gasteiger partial charge in [-0.25, -0.2) is 9.59 Å². The van der Waals surface area contributed by atoms with Crippen LogP contribution < -0.4 is 0 Å². The Labute approximate surface area is 164 Å². The molecule has 144 valence electrons. The van der Waals surface area contributed by atoms with Crippen molar-refractivity contribution in [2.75, 3.05) is 20.0 Å². The summed E-state index contributed by atoms with van der Waals surface area (Å²) in [7, 11) is 1.24. The Morgan fingerprint density at radius 1 is 1.22 bits per heavy atom. The first-order valence-corrected chi connectivity index (χ1v) is 9.70. The van der Waals surface area contributed by atoms with Gasteiger partial charge in [-0.1, -0.05) is 25.5 Å². The summed E-state index contributed by atoms with van der Waals surface area (Å²) in [5, 5.41) is 18.8. The van der Waals surface area contributed by atoms with Gasteiger partial charge in [0.05, 0.1) is 13.7 Å². The highest BCUT2D eigenvalue weighted by Gasteiger charge is 2.30. The molecule has 1 rings (SSSR count). The highest BCUT2D eigenvalue weighted by atomic mass is 32.2. The smallest absolute Gasteiger partial charge is 0.349 e. The molecule has 0 amide bonds. The molecule has 0 radical (unpaired) electrons. The van der Waals surface area contributed by atoms with Crippen LogP contribution in [-0.2, 0) is 19.1 Å². The standard InChI is InChI=1S/C20H24N2O4S/c1-6-26-19(24)16(12-22)17(27-5)8-13-7-14(10-20(2,3)9-13)15(11-21)18(23)25-4/h7H,6,8-10H2,1-5H3/b15-14+,17-16-. The molecular formula is C20H24N2O4S. The molecule has 0 atom stereocenters. The number of carbonyl (C=O) groups is 2. The molecule has 1 aliphatic carbocycles. The predicted molar refractivity (Wildman–Crippen MR) is 103 cm³/mol. The summed E-state index contributed by atoms with van der Waals surface area (Å²) >= 11 is 1.32. The van der Waals surface area contributed by atoms with Crippen LogP contribution in [-0.4, -0.2) is 31.9 Å². The van der Waals surface area contributed by atoms with Crippen molar-refractivity contribution in [1.29, 1.82) is 10.5 Å². The molecule has 0 N–H and O–H groups in total. The number of nitriles is 2. The second kappa shape index (κ2) is 9.99. The lowest BCUT2D eigenvalue weighted by Crippen LogP contribution is -2.20. The lowest BCUT2D eigenvalue weighted by molar-refractivity contribution is -0.138. The van der Waals surface area contributed by atoms with Crippen molar-refractivity contribution in [2.24, 2.45) is 5.41 Å². The van der Waals surface area contributed by atoms with Crippen molar-refractivity contribution in [2.45, 2.75) is 40.0 Å². The van der Waals surface area contributed by atoms with Crippen LogP contribution in [0.5, 0.6) is 0 Å². The molecule has 0 spiro atoms. The first-order chi connectivity index (χ1) is 12.7. The summed E-state index contributed by atoms with van der Waals surface area (Å²) in [6.07, 6.45) is 5.29. The van der Waals surface area contributed by atoms with Gasteiger partial charge in [0.2, 0.25) is 0 Å². The normalized spacial score (nSPS) is 18.3. The quantitative estimate of drug-likeness (QED) is 0.387. The first-order valence-electron chi connectivity index (χ1n) is 8.48. The maximum atomic E-state index is 12.0. The number of nitrogens with zero attached hydrogens (tertiary/aromatic N) is 2. The van der Waals surface area contributed by atoms with E-state index in [0.717, 1.165) is 12.0 Å². The zero-order valence-electron chi connectivity index (χ0n) is 16.3. The Hall–Kier alpha value is -2.51. The number of thioether (sulfide) groups is 1. The van der Waals surface area contributed by atoms with Gasteiger partial charge in [0, 0.05) is 11.3 Å². The van der Waals surface area contributed by atoms with E-state index in [4.69, 9.17) is 9.47 Å². The molecule has 0 bridgehead atoms. The van der Waals surface area contributed by atoms with Crippen LogP contribution >= 0.6 is 11.8 Å². The number of hydrogen-bond donors (Lipinski definition) is 0. The number of allylic oxidation sites excluding steroid dienone is 4. The Morgan fingerprint density at radius 3 is 2.37 bits per heavy atom. The maximum absolute atomic E-state index is 12.0. The van der Waals surface area contributed by atoms with Crippen LogP contribution in [0.4, 0.5) is 0 Å². The summed E-state index contributed by atoms with van der Waals surface area (Å²) in [5.41, 5.74) is 1.37. The number of esters is 2. The van der Waals surface area contributed by atoms with E-state index < -0.39 is 11.9 Å². The van der Waals surface area contributed by atoms with Crippen LogP contribution in [0.25, 0.3) is 0 Å². The zero-order valence-corrected chi connectivity index (χ0v) is 17.2. The Kier molecular flexibility index (Phi) is 8.33. The topological polar surface area (TPSA) is 100 Å². The predicted octanol–water partition coefficient (Wildman–Crippen LogP) is 3.82. The van der Waals surface area contributed by atoms with Crippen molar-refractivity contribution in [3.63, 3.8) is 0 Å². The highest BCUT2D eigenvalue weighted by Crippen LogP contribution is 2.42. The van der Waals surface area contributed by atoms with Crippen molar-refractivity contribution >= 4 is 23.7 Å². The van der Waals surface area contributed by atoms with Crippen LogP contribution in [0.2, 0.25) is 0 Å². The number of carbonyl (C=O) groups excluding carboxylic acids is 2. The fourth-order valence-corrected chi connectivity index (χ4v) is 3.72. The largest absolute Gasteiger partial charge is 0.465 e. The van der Waals surface area contributed by atoms with Gasteiger partial charge < -0.3 is 9.47 Å². The van der Waals surface area contributed by atoms with E-state index in [0.29, 0.717) is 23.3 Å². The minimum Gasteiger partial charge on any atom is -0.465 e. The summed E-state index contributed by atoms with van der Waals surface area (Å²) in [6, 6.07) is 3.87. The lowest BCUT2D eigenvalue weighted by Gasteiger charge is -2.32. The third-order valence-corrected chi connectivity index (χ3v) is 4.92. The van der Waals surface area contributed by atoms with Crippen LogP contribution in [0.1, 0.15) is 40.0 Å². The molecule has 0 aromatic heterocycles. The third-order valence-electron chi connectivity index (χ3n) is 4.08. The minimum atomic E-state index is -0.661. The van der Waals surface area contributed by atoms with Gasteiger partial charge in [-0.05, 0) is 37.0 Å². The molecule has 1 aliphatic rings. The molecule has 0 fully saturated rings. The minimum absolute atomic E-state index is 0.00682. The Bertz CT molecular complexity index is 792. The van der Waals surface area contributed by atoms with E-state index in [1.807, 2.05) is 32.1 Å². The summed E-state index contributed by atoms with van der Waals surface area (Å²) < 4.78 is 9.67. The molecule has 0 heterocycles. The van der Waals surface area contributed by atoms with E-state index in [-0.39, 0.29) is 23.2 Å². The van der Waals surface area contributed by atoms with Crippen LogP contribution in [0.3, 0.4) is 0 Å². The molecule has 0 aromatic rings. The fourth-order valence-electron chi connectivity index (χ4n) is 3.06. The average molecular weight is 388 g/mol. The average Bonchev–Trinajstić information content (AvgIpc) is 2.60.